The van der Waals surface area contributed by atoms with E-state index in [0.29, 0.717) is 25.7 Å². The van der Waals surface area contributed by atoms with Crippen molar-refractivity contribution in [3.8, 4) is 0 Å². The summed E-state index contributed by atoms with van der Waals surface area (Å²) in [6.07, 6.45) is 2.06. The van der Waals surface area contributed by atoms with E-state index in [1.807, 2.05) is 11.4 Å². The van der Waals surface area contributed by atoms with E-state index in [4.69, 9.17) is 17.0 Å². The number of thiophene rings is 1. The zero-order valence-corrected chi connectivity index (χ0v) is 14.4. The van der Waals surface area contributed by atoms with Crippen LogP contribution in [-0.2, 0) is 4.74 Å². The van der Waals surface area contributed by atoms with Gasteiger partial charge in [-0.15, -0.1) is 11.3 Å². The third-order valence-electron chi connectivity index (χ3n) is 3.85. The SMILES string of the molecule is O=C(NC[C@@H]1CCCO1)c1sc(=S)n2c1[nH]c(=O)c1sccc12. The molecule has 0 aliphatic carbocycles. The van der Waals surface area contributed by atoms with Gasteiger partial charge < -0.3 is 15.0 Å². The molecule has 0 aromatic carbocycles. The van der Waals surface area contributed by atoms with Crippen molar-refractivity contribution in [3.05, 3.63) is 30.6 Å². The summed E-state index contributed by atoms with van der Waals surface area (Å²) in [7, 11) is 0. The number of thiazole rings is 1. The smallest absolute Gasteiger partial charge is 0.269 e. The van der Waals surface area contributed by atoms with Crippen molar-refractivity contribution in [2.24, 2.45) is 0 Å². The fraction of sp³-hybridized carbons (Fsp3) is 0.357. The van der Waals surface area contributed by atoms with E-state index in [9.17, 15) is 9.59 Å². The van der Waals surface area contributed by atoms with E-state index < -0.39 is 0 Å². The van der Waals surface area contributed by atoms with Gasteiger partial charge in [0.15, 0.2) is 3.95 Å². The molecule has 1 fully saturated rings. The van der Waals surface area contributed by atoms with Gasteiger partial charge in [-0.1, -0.05) is 11.3 Å². The molecule has 0 unspecified atom stereocenters. The number of carbonyl (C=O) groups is 1. The van der Waals surface area contributed by atoms with E-state index in [1.54, 1.807) is 4.40 Å². The molecule has 4 heterocycles. The first-order valence-electron chi connectivity index (χ1n) is 7.20. The lowest BCUT2D eigenvalue weighted by Crippen LogP contribution is -2.31. The molecule has 1 aliphatic heterocycles. The number of hydrogen-bond acceptors (Lipinski definition) is 6. The van der Waals surface area contributed by atoms with Crippen LogP contribution in [0.5, 0.6) is 0 Å². The topological polar surface area (TPSA) is 75.6 Å². The van der Waals surface area contributed by atoms with Gasteiger partial charge in [0, 0.05) is 13.2 Å². The van der Waals surface area contributed by atoms with Gasteiger partial charge >= 0.3 is 0 Å². The summed E-state index contributed by atoms with van der Waals surface area (Å²) >= 11 is 7.94. The number of amides is 1. The minimum Gasteiger partial charge on any atom is -0.376 e. The zero-order chi connectivity index (χ0) is 16.0. The van der Waals surface area contributed by atoms with Gasteiger partial charge in [-0.2, -0.15) is 0 Å². The summed E-state index contributed by atoms with van der Waals surface area (Å²) < 4.78 is 8.42. The Morgan fingerprint density at radius 3 is 3.22 bits per heavy atom. The molecule has 1 atom stereocenters. The lowest BCUT2D eigenvalue weighted by molar-refractivity contribution is 0.0862. The first-order valence-corrected chi connectivity index (χ1v) is 9.30. The van der Waals surface area contributed by atoms with E-state index in [1.165, 1.54) is 22.7 Å². The highest BCUT2D eigenvalue weighted by molar-refractivity contribution is 7.73. The first kappa shape index (κ1) is 15.0. The van der Waals surface area contributed by atoms with Crippen molar-refractivity contribution in [1.29, 1.82) is 0 Å². The average molecular weight is 367 g/mol. The molecule has 0 radical (unpaired) electrons. The normalized spacial score (nSPS) is 18.0. The molecule has 2 N–H and O–H groups in total. The van der Waals surface area contributed by atoms with E-state index in [2.05, 4.69) is 10.3 Å². The number of aromatic nitrogens is 2. The summed E-state index contributed by atoms with van der Waals surface area (Å²) in [5.74, 6) is -0.232. The summed E-state index contributed by atoms with van der Waals surface area (Å²) in [6, 6.07) is 1.85. The quantitative estimate of drug-likeness (QED) is 0.698. The van der Waals surface area contributed by atoms with Crippen LogP contribution in [0.1, 0.15) is 22.5 Å². The third kappa shape index (κ3) is 2.53. The summed E-state index contributed by atoms with van der Waals surface area (Å²) in [5, 5.41) is 4.72. The number of nitrogens with zero attached hydrogens (tertiary/aromatic N) is 1. The number of H-pyrrole nitrogens is 1. The lowest BCUT2D eigenvalue weighted by Gasteiger charge is -2.09. The van der Waals surface area contributed by atoms with Crippen molar-refractivity contribution in [1.82, 2.24) is 14.7 Å². The van der Waals surface area contributed by atoms with Crippen LogP contribution in [0, 0.1) is 3.95 Å². The second kappa shape index (κ2) is 5.82. The highest BCUT2D eigenvalue weighted by atomic mass is 32.1. The van der Waals surface area contributed by atoms with E-state index >= 15 is 0 Å². The van der Waals surface area contributed by atoms with Gasteiger partial charge in [0.25, 0.3) is 11.5 Å². The minimum atomic E-state index is -0.232. The van der Waals surface area contributed by atoms with Crippen molar-refractivity contribution in [2.45, 2.75) is 18.9 Å². The molecule has 0 saturated carbocycles. The van der Waals surface area contributed by atoms with Crippen LogP contribution in [0.2, 0.25) is 0 Å². The standard InChI is InChI=1S/C14H13N3O3S3/c18-12(15-6-7-2-1-4-20-7)10-11-16-13(19)9-8(3-5-22-9)17(11)14(21)23-10/h3,5,7H,1-2,4,6H2,(H,15,18)(H,16,19)/t7-/m0/s1. The van der Waals surface area contributed by atoms with Crippen LogP contribution in [0.25, 0.3) is 15.9 Å². The Morgan fingerprint density at radius 2 is 2.43 bits per heavy atom. The molecule has 3 aromatic rings. The number of carbonyl (C=O) groups excluding carboxylic acids is 1. The first-order chi connectivity index (χ1) is 11.1. The second-order valence-corrected chi connectivity index (χ2v) is 7.88. The van der Waals surface area contributed by atoms with E-state index in [0.717, 1.165) is 25.0 Å². The van der Waals surface area contributed by atoms with Crippen LogP contribution in [-0.4, -0.2) is 34.5 Å². The van der Waals surface area contributed by atoms with Crippen molar-refractivity contribution in [2.75, 3.05) is 13.2 Å². The third-order valence-corrected chi connectivity index (χ3v) is 6.13. The Morgan fingerprint density at radius 1 is 1.57 bits per heavy atom. The maximum absolute atomic E-state index is 12.5. The van der Waals surface area contributed by atoms with E-state index in [-0.39, 0.29) is 17.6 Å². The lowest BCUT2D eigenvalue weighted by atomic mass is 10.2. The molecule has 6 nitrogen and oxygen atoms in total. The molecule has 3 aromatic heterocycles. The zero-order valence-electron chi connectivity index (χ0n) is 12.0. The van der Waals surface area contributed by atoms with Crippen LogP contribution < -0.4 is 10.9 Å². The van der Waals surface area contributed by atoms with Crippen molar-refractivity contribution < 1.29 is 9.53 Å². The Kier molecular flexibility index (Phi) is 3.80. The number of fused-ring (bicyclic) bond motifs is 3. The second-order valence-electron chi connectivity index (χ2n) is 5.32. The van der Waals surface area contributed by atoms with Crippen molar-refractivity contribution >= 4 is 56.7 Å². The van der Waals surface area contributed by atoms with Gasteiger partial charge in [0.1, 0.15) is 15.2 Å². The fourth-order valence-electron chi connectivity index (χ4n) is 2.76. The molecule has 4 rings (SSSR count). The molecule has 1 aliphatic rings. The summed E-state index contributed by atoms with van der Waals surface area (Å²) in [6.45, 7) is 1.22. The molecule has 0 spiro atoms. The van der Waals surface area contributed by atoms with Crippen LogP contribution in [0.15, 0.2) is 16.2 Å². The predicted molar refractivity (Wildman–Crippen MR) is 93.4 cm³/mol. The van der Waals surface area contributed by atoms with Crippen LogP contribution in [0.3, 0.4) is 0 Å². The molecule has 1 amide bonds. The Labute approximate surface area is 143 Å². The monoisotopic (exact) mass is 367 g/mol. The molecule has 120 valence electrons. The summed E-state index contributed by atoms with van der Waals surface area (Å²) in [5.41, 5.74) is 1.00. The highest BCUT2D eigenvalue weighted by Crippen LogP contribution is 2.24. The van der Waals surface area contributed by atoms with Gasteiger partial charge in [-0.3, -0.25) is 14.0 Å². The molecular formula is C14H13N3O3S3. The molecular weight excluding hydrogens is 354 g/mol. The minimum absolute atomic E-state index is 0.0726. The highest BCUT2D eigenvalue weighted by Gasteiger charge is 2.21. The molecule has 23 heavy (non-hydrogen) atoms. The van der Waals surface area contributed by atoms with Gasteiger partial charge in [-0.05, 0) is 36.5 Å². The number of nitrogens with one attached hydrogen (secondary N) is 2. The summed E-state index contributed by atoms with van der Waals surface area (Å²) in [4.78, 5) is 27.9. The molecule has 1 saturated heterocycles. The number of ether oxygens (including phenoxy) is 1. The average Bonchev–Trinajstić information content (AvgIpc) is 3.24. The van der Waals surface area contributed by atoms with Crippen LogP contribution >= 0.6 is 34.9 Å². The number of rotatable bonds is 3. The fourth-order valence-corrected chi connectivity index (χ4v) is 4.83. The largest absolute Gasteiger partial charge is 0.376 e. The maximum atomic E-state index is 12.5. The maximum Gasteiger partial charge on any atom is 0.269 e. The predicted octanol–water partition coefficient (Wildman–Crippen LogP) is 2.54. The Hall–Kier alpha value is -1.55. The van der Waals surface area contributed by atoms with Crippen molar-refractivity contribution in [3.63, 3.8) is 0 Å². The molecule has 9 heteroatoms. The van der Waals surface area contributed by atoms with Gasteiger partial charge in [-0.25, -0.2) is 0 Å². The number of aromatic amines is 1. The number of hydrogen-bond donors (Lipinski definition) is 2. The molecule has 0 bridgehead atoms. The Bertz CT molecular complexity index is 1010. The van der Waals surface area contributed by atoms with Gasteiger partial charge in [0.05, 0.1) is 11.6 Å². The van der Waals surface area contributed by atoms with Gasteiger partial charge in [0.2, 0.25) is 0 Å². The Balaban J connectivity index is 1.75. The van der Waals surface area contributed by atoms with Crippen LogP contribution in [0.4, 0.5) is 0 Å².